The molecular formula is C21H18ClNO5. The van der Waals surface area contributed by atoms with E-state index in [1.807, 2.05) is 6.07 Å². The van der Waals surface area contributed by atoms with Gasteiger partial charge in [0.15, 0.2) is 11.5 Å². The van der Waals surface area contributed by atoms with E-state index in [2.05, 4.69) is 0 Å². The van der Waals surface area contributed by atoms with E-state index in [-0.39, 0.29) is 17.9 Å². The summed E-state index contributed by atoms with van der Waals surface area (Å²) < 4.78 is 15.8. The first kappa shape index (κ1) is 21.0. The maximum atomic E-state index is 12.3. The van der Waals surface area contributed by atoms with Crippen molar-refractivity contribution in [1.82, 2.24) is 0 Å². The Bertz CT molecular complexity index is 946. The van der Waals surface area contributed by atoms with Crippen molar-refractivity contribution in [3.8, 4) is 17.6 Å². The van der Waals surface area contributed by atoms with Crippen LogP contribution in [-0.4, -0.2) is 25.2 Å². The van der Waals surface area contributed by atoms with Gasteiger partial charge in [-0.3, -0.25) is 0 Å². The summed E-state index contributed by atoms with van der Waals surface area (Å²) in [7, 11) is 0. The van der Waals surface area contributed by atoms with Gasteiger partial charge in [0.25, 0.3) is 0 Å². The quantitative estimate of drug-likeness (QED) is 0.296. The van der Waals surface area contributed by atoms with Crippen LogP contribution >= 0.6 is 11.6 Å². The van der Waals surface area contributed by atoms with Crippen LogP contribution in [0.2, 0.25) is 5.02 Å². The average molecular weight is 400 g/mol. The molecule has 0 aromatic heterocycles. The molecule has 2 rings (SSSR count). The SMILES string of the molecule is CCOC(=O)/C(C#N)=C/c1ccc(OC(=O)c2cccc(Cl)c2)c(OCC)c1. The molecule has 6 nitrogen and oxygen atoms in total. The number of hydrogen-bond donors (Lipinski definition) is 0. The van der Waals surface area contributed by atoms with Gasteiger partial charge in [0, 0.05) is 5.02 Å². The molecule has 144 valence electrons. The first-order chi connectivity index (χ1) is 13.5. The zero-order chi connectivity index (χ0) is 20.5. The lowest BCUT2D eigenvalue weighted by Crippen LogP contribution is -2.10. The third-order valence-electron chi connectivity index (χ3n) is 3.46. The van der Waals surface area contributed by atoms with Crippen molar-refractivity contribution >= 4 is 29.6 Å². The molecule has 0 fully saturated rings. The van der Waals surface area contributed by atoms with Crippen molar-refractivity contribution in [3.05, 3.63) is 64.2 Å². The zero-order valence-electron chi connectivity index (χ0n) is 15.4. The zero-order valence-corrected chi connectivity index (χ0v) is 16.2. The van der Waals surface area contributed by atoms with Gasteiger partial charge in [0.05, 0.1) is 18.8 Å². The minimum Gasteiger partial charge on any atom is -0.490 e. The maximum Gasteiger partial charge on any atom is 0.348 e. The van der Waals surface area contributed by atoms with Crippen molar-refractivity contribution in [2.24, 2.45) is 0 Å². The Morgan fingerprint density at radius 3 is 2.54 bits per heavy atom. The summed E-state index contributed by atoms with van der Waals surface area (Å²) in [5.41, 5.74) is 0.677. The molecule has 0 atom stereocenters. The van der Waals surface area contributed by atoms with E-state index in [4.69, 9.17) is 31.1 Å². The molecule has 28 heavy (non-hydrogen) atoms. The normalized spacial score (nSPS) is 10.7. The lowest BCUT2D eigenvalue weighted by molar-refractivity contribution is -0.137. The van der Waals surface area contributed by atoms with Gasteiger partial charge in [-0.05, 0) is 55.8 Å². The van der Waals surface area contributed by atoms with Gasteiger partial charge < -0.3 is 14.2 Å². The van der Waals surface area contributed by atoms with E-state index in [1.54, 1.807) is 44.2 Å². The van der Waals surface area contributed by atoms with Gasteiger partial charge in [-0.15, -0.1) is 0 Å². The van der Waals surface area contributed by atoms with Crippen molar-refractivity contribution in [3.63, 3.8) is 0 Å². The molecule has 7 heteroatoms. The van der Waals surface area contributed by atoms with E-state index < -0.39 is 11.9 Å². The van der Waals surface area contributed by atoms with Crippen molar-refractivity contribution in [2.75, 3.05) is 13.2 Å². The Labute approximate surface area is 167 Å². The fourth-order valence-corrected chi connectivity index (χ4v) is 2.44. The van der Waals surface area contributed by atoms with Gasteiger partial charge >= 0.3 is 11.9 Å². The third-order valence-corrected chi connectivity index (χ3v) is 3.69. The first-order valence-electron chi connectivity index (χ1n) is 8.52. The Balaban J connectivity index is 2.31. The number of carbonyl (C=O) groups excluding carboxylic acids is 2. The van der Waals surface area contributed by atoms with E-state index >= 15 is 0 Å². The molecule has 0 unspecified atom stereocenters. The predicted molar refractivity (Wildman–Crippen MR) is 104 cm³/mol. The van der Waals surface area contributed by atoms with Crippen LogP contribution in [0.1, 0.15) is 29.8 Å². The average Bonchev–Trinajstić information content (AvgIpc) is 2.68. The van der Waals surface area contributed by atoms with Crippen LogP contribution in [-0.2, 0) is 9.53 Å². The number of hydrogen-bond acceptors (Lipinski definition) is 6. The molecule has 0 spiro atoms. The van der Waals surface area contributed by atoms with Crippen LogP contribution in [0.3, 0.4) is 0 Å². The maximum absolute atomic E-state index is 12.3. The van der Waals surface area contributed by atoms with Crippen LogP contribution in [0.15, 0.2) is 48.0 Å². The fraction of sp³-hybridized carbons (Fsp3) is 0.190. The Hall–Kier alpha value is -3.30. The van der Waals surface area contributed by atoms with Gasteiger partial charge in [-0.1, -0.05) is 23.7 Å². The molecule has 0 amide bonds. The van der Waals surface area contributed by atoms with E-state index in [1.165, 1.54) is 18.2 Å². The largest absolute Gasteiger partial charge is 0.490 e. The second-order valence-electron chi connectivity index (χ2n) is 5.43. The second-order valence-corrected chi connectivity index (χ2v) is 5.87. The minimum atomic E-state index is -0.709. The van der Waals surface area contributed by atoms with E-state index in [0.29, 0.717) is 28.5 Å². The van der Waals surface area contributed by atoms with Crippen LogP contribution < -0.4 is 9.47 Å². The summed E-state index contributed by atoms with van der Waals surface area (Å²) in [6.45, 7) is 3.94. The number of nitriles is 1. The highest BCUT2D eigenvalue weighted by Crippen LogP contribution is 2.30. The van der Waals surface area contributed by atoms with Gasteiger partial charge in [-0.25, -0.2) is 9.59 Å². The molecule has 0 heterocycles. The number of halogens is 1. The molecule has 0 bridgehead atoms. The van der Waals surface area contributed by atoms with Gasteiger partial charge in [0.1, 0.15) is 11.6 Å². The van der Waals surface area contributed by atoms with Gasteiger partial charge in [0.2, 0.25) is 0 Å². The standard InChI is InChI=1S/C21H18ClNO5/c1-3-26-19-11-14(10-16(13-23)20(24)27-4-2)8-9-18(19)28-21(25)15-6-5-7-17(22)12-15/h5-12H,3-4H2,1-2H3/b16-10+. The Morgan fingerprint density at radius 2 is 1.89 bits per heavy atom. The lowest BCUT2D eigenvalue weighted by atomic mass is 10.1. The van der Waals surface area contributed by atoms with Crippen LogP contribution in [0.25, 0.3) is 6.08 Å². The molecule has 0 saturated heterocycles. The number of carbonyl (C=O) groups is 2. The van der Waals surface area contributed by atoms with Gasteiger partial charge in [-0.2, -0.15) is 5.26 Å². The molecule has 0 aliphatic heterocycles. The van der Waals surface area contributed by atoms with Crippen molar-refractivity contribution in [1.29, 1.82) is 5.26 Å². The van der Waals surface area contributed by atoms with Crippen molar-refractivity contribution in [2.45, 2.75) is 13.8 Å². The highest BCUT2D eigenvalue weighted by molar-refractivity contribution is 6.30. The molecular weight excluding hydrogens is 382 g/mol. The van der Waals surface area contributed by atoms with Crippen LogP contribution in [0, 0.1) is 11.3 Å². The molecule has 0 N–H and O–H groups in total. The number of nitrogens with zero attached hydrogens (tertiary/aromatic N) is 1. The van der Waals surface area contributed by atoms with E-state index in [9.17, 15) is 9.59 Å². The predicted octanol–water partition coefficient (Wildman–Crippen LogP) is 4.43. The minimum absolute atomic E-state index is 0.145. The number of ether oxygens (including phenoxy) is 3. The molecule has 0 aliphatic rings. The molecule has 2 aromatic rings. The summed E-state index contributed by atoms with van der Waals surface area (Å²) >= 11 is 5.90. The topological polar surface area (TPSA) is 85.6 Å². The smallest absolute Gasteiger partial charge is 0.348 e. The summed E-state index contributed by atoms with van der Waals surface area (Å²) in [5.74, 6) is -0.790. The Kier molecular flexibility index (Phi) is 7.61. The number of rotatable bonds is 7. The van der Waals surface area contributed by atoms with Crippen LogP contribution in [0.5, 0.6) is 11.5 Å². The summed E-state index contributed by atoms with van der Waals surface area (Å²) in [6.07, 6.45) is 1.38. The number of esters is 2. The summed E-state index contributed by atoms with van der Waals surface area (Å²) in [5, 5.41) is 9.57. The third kappa shape index (κ3) is 5.60. The van der Waals surface area contributed by atoms with Crippen molar-refractivity contribution < 1.29 is 23.8 Å². The Morgan fingerprint density at radius 1 is 1.11 bits per heavy atom. The highest BCUT2D eigenvalue weighted by Gasteiger charge is 2.15. The molecule has 2 aromatic carbocycles. The van der Waals surface area contributed by atoms with Crippen LogP contribution in [0.4, 0.5) is 0 Å². The first-order valence-corrected chi connectivity index (χ1v) is 8.89. The lowest BCUT2D eigenvalue weighted by Gasteiger charge is -2.12. The summed E-state index contributed by atoms with van der Waals surface area (Å²) in [4.78, 5) is 24.1. The second kappa shape index (κ2) is 10.1. The van der Waals surface area contributed by atoms with E-state index in [0.717, 1.165) is 0 Å². The molecule has 0 radical (unpaired) electrons. The monoisotopic (exact) mass is 399 g/mol. The fourth-order valence-electron chi connectivity index (χ4n) is 2.25. The summed E-state index contributed by atoms with van der Waals surface area (Å²) in [6, 6.07) is 12.9. The molecule has 0 aliphatic carbocycles. The molecule has 0 saturated carbocycles. The number of benzene rings is 2. The highest BCUT2D eigenvalue weighted by atomic mass is 35.5.